The summed E-state index contributed by atoms with van der Waals surface area (Å²) in [4.78, 5) is 12.5. The van der Waals surface area contributed by atoms with Crippen LogP contribution in [0.4, 0.5) is 0 Å². The zero-order chi connectivity index (χ0) is 14.8. The van der Waals surface area contributed by atoms with E-state index in [1.165, 1.54) is 19.3 Å². The van der Waals surface area contributed by atoms with Crippen molar-refractivity contribution in [3.05, 3.63) is 0 Å². The van der Waals surface area contributed by atoms with Crippen LogP contribution in [0.2, 0.25) is 0 Å². The van der Waals surface area contributed by atoms with Gasteiger partial charge in [0.25, 0.3) is 0 Å². The van der Waals surface area contributed by atoms with E-state index in [-0.39, 0.29) is 5.60 Å². The molecule has 1 aliphatic heterocycles. The highest BCUT2D eigenvalue weighted by atomic mass is 16.6. The highest BCUT2D eigenvalue weighted by Gasteiger charge is 2.50. The Bertz CT molecular complexity index is 332. The van der Waals surface area contributed by atoms with Crippen molar-refractivity contribution in [1.29, 1.82) is 0 Å². The third-order valence-electron chi connectivity index (χ3n) is 5.75. The average Bonchev–Trinajstić information content (AvgIpc) is 3.16. The van der Waals surface area contributed by atoms with Crippen LogP contribution < -0.4 is 0 Å². The Hall–Kier alpha value is -0.370. The predicted octanol–water partition coefficient (Wildman–Crippen LogP) is 4.61. The Morgan fingerprint density at radius 3 is 2.55 bits per heavy atom. The summed E-state index contributed by atoms with van der Waals surface area (Å²) in [7, 11) is 0. The highest BCUT2D eigenvalue weighted by molar-refractivity contribution is 5.81. The summed E-state index contributed by atoms with van der Waals surface area (Å²) in [6, 6.07) is 0. The molecule has 0 amide bonds. The summed E-state index contributed by atoms with van der Waals surface area (Å²) in [5, 5.41) is 0. The minimum atomic E-state index is 0.142. The van der Waals surface area contributed by atoms with Gasteiger partial charge in [0.05, 0.1) is 12.2 Å². The van der Waals surface area contributed by atoms with Gasteiger partial charge in [0.1, 0.15) is 5.78 Å². The number of Topliss-reactive ketones (excluding diaryl/α,β-unsaturated/α-hetero) is 1. The number of ketones is 1. The van der Waals surface area contributed by atoms with Crippen LogP contribution in [0.15, 0.2) is 0 Å². The quantitative estimate of drug-likeness (QED) is 0.637. The lowest BCUT2D eigenvalue weighted by Crippen LogP contribution is -2.37. The van der Waals surface area contributed by atoms with E-state index < -0.39 is 0 Å². The molecular weight excluding hydrogens is 248 g/mol. The van der Waals surface area contributed by atoms with Gasteiger partial charge < -0.3 is 4.74 Å². The second-order valence-corrected chi connectivity index (χ2v) is 7.36. The van der Waals surface area contributed by atoms with E-state index in [1.54, 1.807) is 0 Å². The maximum absolute atomic E-state index is 12.5. The van der Waals surface area contributed by atoms with Crippen LogP contribution in [0.1, 0.15) is 72.6 Å². The molecule has 1 aliphatic carbocycles. The molecule has 0 aromatic heterocycles. The molecule has 2 aliphatic rings. The summed E-state index contributed by atoms with van der Waals surface area (Å²) in [6.45, 7) is 9.88. The van der Waals surface area contributed by atoms with Crippen LogP contribution >= 0.6 is 0 Å². The van der Waals surface area contributed by atoms with E-state index in [4.69, 9.17) is 4.74 Å². The maximum Gasteiger partial charge on any atom is 0.136 e. The van der Waals surface area contributed by atoms with Gasteiger partial charge in [0.2, 0.25) is 0 Å². The molecule has 20 heavy (non-hydrogen) atoms. The van der Waals surface area contributed by atoms with E-state index in [0.717, 1.165) is 32.3 Å². The zero-order valence-corrected chi connectivity index (χ0v) is 13.8. The lowest BCUT2D eigenvalue weighted by molar-refractivity contribution is -0.126. The Morgan fingerprint density at radius 1 is 1.30 bits per heavy atom. The Morgan fingerprint density at radius 2 is 2.00 bits per heavy atom. The lowest BCUT2D eigenvalue weighted by Gasteiger charge is -2.40. The molecule has 0 radical (unpaired) electrons. The Kier molecular flexibility index (Phi) is 5.28. The predicted molar refractivity (Wildman–Crippen MR) is 82.7 cm³/mol. The van der Waals surface area contributed by atoms with E-state index >= 15 is 0 Å². The summed E-state index contributed by atoms with van der Waals surface area (Å²) < 4.78 is 5.68. The smallest absolute Gasteiger partial charge is 0.136 e. The van der Waals surface area contributed by atoms with Crippen molar-refractivity contribution in [2.75, 3.05) is 6.61 Å². The van der Waals surface area contributed by atoms with Crippen LogP contribution in [0.5, 0.6) is 0 Å². The molecule has 1 saturated heterocycles. The van der Waals surface area contributed by atoms with Crippen molar-refractivity contribution in [3.8, 4) is 0 Å². The Labute approximate surface area is 124 Å². The van der Waals surface area contributed by atoms with Gasteiger partial charge in [-0.15, -0.1) is 0 Å². The summed E-state index contributed by atoms with van der Waals surface area (Å²) in [5.41, 5.74) is 0.142. The maximum atomic E-state index is 12.5. The largest absolute Gasteiger partial charge is 0.370 e. The van der Waals surface area contributed by atoms with Gasteiger partial charge in [-0.05, 0) is 50.4 Å². The van der Waals surface area contributed by atoms with Gasteiger partial charge in [-0.3, -0.25) is 4.79 Å². The first-order valence-electron chi connectivity index (χ1n) is 8.68. The normalized spacial score (nSPS) is 38.5. The van der Waals surface area contributed by atoms with Crippen molar-refractivity contribution in [2.24, 2.45) is 23.7 Å². The minimum Gasteiger partial charge on any atom is -0.370 e. The zero-order valence-electron chi connectivity index (χ0n) is 13.8. The van der Waals surface area contributed by atoms with Gasteiger partial charge >= 0.3 is 0 Å². The number of epoxide rings is 1. The van der Waals surface area contributed by atoms with E-state index in [9.17, 15) is 4.79 Å². The average molecular weight is 280 g/mol. The molecule has 0 spiro atoms. The lowest BCUT2D eigenvalue weighted by atomic mass is 9.64. The van der Waals surface area contributed by atoms with Crippen molar-refractivity contribution >= 4 is 5.78 Å². The van der Waals surface area contributed by atoms with Gasteiger partial charge in [-0.2, -0.15) is 0 Å². The third kappa shape index (κ3) is 3.44. The first-order valence-corrected chi connectivity index (χ1v) is 8.68. The third-order valence-corrected chi connectivity index (χ3v) is 5.75. The number of carbonyl (C=O) groups is 1. The number of hydrogen-bond acceptors (Lipinski definition) is 2. The summed E-state index contributed by atoms with van der Waals surface area (Å²) in [6.07, 6.45) is 7.73. The molecule has 0 aromatic carbocycles. The SMILES string of the molecule is CCCC(=O)C(CCC)C1C[C@H](C2(C)CO2)CCC1C. The molecule has 5 atom stereocenters. The van der Waals surface area contributed by atoms with Crippen LogP contribution in [0.3, 0.4) is 0 Å². The number of rotatable bonds is 7. The Balaban J connectivity index is 2.06. The van der Waals surface area contributed by atoms with Crippen LogP contribution in [0, 0.1) is 23.7 Å². The molecule has 2 rings (SSSR count). The molecule has 0 aromatic rings. The van der Waals surface area contributed by atoms with E-state index in [0.29, 0.717) is 29.5 Å². The second kappa shape index (κ2) is 6.60. The standard InChI is InChI=1S/C18H32O2/c1-5-7-15(17(19)8-6-2)16-11-14(10-9-13(16)3)18(4)12-20-18/h13-16H,5-12H2,1-4H3/t13?,14-,15?,16?,18?/m1/s1. The highest BCUT2D eigenvalue weighted by Crippen LogP contribution is 2.48. The topological polar surface area (TPSA) is 29.6 Å². The van der Waals surface area contributed by atoms with Gasteiger partial charge in [-0.25, -0.2) is 0 Å². The van der Waals surface area contributed by atoms with Gasteiger partial charge in [0, 0.05) is 12.3 Å². The molecule has 116 valence electrons. The minimum absolute atomic E-state index is 0.142. The van der Waals surface area contributed by atoms with Crippen molar-refractivity contribution in [3.63, 3.8) is 0 Å². The first-order chi connectivity index (χ1) is 9.51. The van der Waals surface area contributed by atoms with Gasteiger partial charge in [-0.1, -0.05) is 33.6 Å². The second-order valence-electron chi connectivity index (χ2n) is 7.36. The fourth-order valence-electron chi connectivity index (χ4n) is 4.18. The summed E-state index contributed by atoms with van der Waals surface area (Å²) >= 11 is 0. The summed E-state index contributed by atoms with van der Waals surface area (Å²) in [5.74, 6) is 2.80. The number of carbonyl (C=O) groups excluding carboxylic acids is 1. The fraction of sp³-hybridized carbons (Fsp3) is 0.944. The van der Waals surface area contributed by atoms with Crippen LogP contribution in [0.25, 0.3) is 0 Å². The molecule has 2 fully saturated rings. The van der Waals surface area contributed by atoms with Crippen molar-refractivity contribution in [2.45, 2.75) is 78.2 Å². The monoisotopic (exact) mass is 280 g/mol. The molecular formula is C18H32O2. The van der Waals surface area contributed by atoms with Gasteiger partial charge in [0.15, 0.2) is 0 Å². The molecule has 1 heterocycles. The van der Waals surface area contributed by atoms with E-state index in [1.807, 2.05) is 0 Å². The molecule has 0 bridgehead atoms. The first kappa shape index (κ1) is 16.0. The molecule has 4 unspecified atom stereocenters. The molecule has 0 N–H and O–H groups in total. The van der Waals surface area contributed by atoms with Crippen molar-refractivity contribution < 1.29 is 9.53 Å². The van der Waals surface area contributed by atoms with Crippen LogP contribution in [-0.4, -0.2) is 18.0 Å². The fourth-order valence-corrected chi connectivity index (χ4v) is 4.18. The molecule has 2 heteroatoms. The molecule has 1 saturated carbocycles. The number of hydrogen-bond donors (Lipinski definition) is 0. The molecule has 2 nitrogen and oxygen atoms in total. The van der Waals surface area contributed by atoms with Crippen LogP contribution in [-0.2, 0) is 9.53 Å². The number of ether oxygens (including phenoxy) is 1. The van der Waals surface area contributed by atoms with E-state index in [2.05, 4.69) is 27.7 Å². The van der Waals surface area contributed by atoms with Crippen molar-refractivity contribution in [1.82, 2.24) is 0 Å².